The third kappa shape index (κ3) is 4.47. The van der Waals surface area contributed by atoms with E-state index in [0.29, 0.717) is 11.6 Å². The van der Waals surface area contributed by atoms with Gasteiger partial charge in [0.1, 0.15) is 0 Å². The van der Waals surface area contributed by atoms with Gasteiger partial charge in [0.25, 0.3) is 5.91 Å². The van der Waals surface area contributed by atoms with Crippen LogP contribution in [0.2, 0.25) is 0 Å². The van der Waals surface area contributed by atoms with Crippen LogP contribution >= 0.6 is 0 Å². The summed E-state index contributed by atoms with van der Waals surface area (Å²) in [4.78, 5) is 12.9. The lowest BCUT2D eigenvalue weighted by Gasteiger charge is -2.20. The van der Waals surface area contributed by atoms with Crippen LogP contribution in [0.15, 0.2) is 66.9 Å². The van der Waals surface area contributed by atoms with Gasteiger partial charge in [-0.2, -0.15) is 0 Å². The molecule has 1 aliphatic rings. The van der Waals surface area contributed by atoms with Gasteiger partial charge in [0.05, 0.1) is 12.2 Å². The Morgan fingerprint density at radius 1 is 0.964 bits per heavy atom. The fourth-order valence-corrected chi connectivity index (χ4v) is 3.98. The highest BCUT2D eigenvalue weighted by Gasteiger charge is 2.20. The van der Waals surface area contributed by atoms with Gasteiger partial charge in [-0.05, 0) is 29.9 Å². The Hall–Kier alpha value is -2.95. The van der Waals surface area contributed by atoms with E-state index in [0.717, 1.165) is 17.7 Å². The first-order valence-corrected chi connectivity index (χ1v) is 10.1. The van der Waals surface area contributed by atoms with E-state index in [9.17, 15) is 4.79 Å². The third-order valence-electron chi connectivity index (χ3n) is 5.48. The van der Waals surface area contributed by atoms with Crippen molar-refractivity contribution in [2.75, 3.05) is 0 Å². The lowest BCUT2D eigenvalue weighted by Crippen LogP contribution is -2.29. The molecule has 0 radical (unpaired) electrons. The average Bonchev–Trinajstić information content (AvgIpc) is 3.22. The van der Waals surface area contributed by atoms with Crippen molar-refractivity contribution in [3.63, 3.8) is 0 Å². The van der Waals surface area contributed by atoms with Crippen molar-refractivity contribution in [2.45, 2.75) is 44.7 Å². The number of carbonyl (C=O) groups excluding carboxylic acids is 1. The van der Waals surface area contributed by atoms with Crippen molar-refractivity contribution in [1.82, 2.24) is 20.3 Å². The molecular formula is C23H26N4O. The number of aromatic nitrogens is 3. The molecule has 5 nitrogen and oxygen atoms in total. The lowest BCUT2D eigenvalue weighted by molar-refractivity contribution is 0.0938. The van der Waals surface area contributed by atoms with E-state index >= 15 is 0 Å². The standard InChI is InChI=1S/C23H26N4O/c28-23(21-17-27(26-25-21)16-18-10-4-1-5-11-18)24-22(19-12-6-2-7-13-19)20-14-8-3-9-15-20/h2-3,6-9,12-15,17-18,22H,1,4-5,10-11,16H2,(H,24,28). The van der Waals surface area contributed by atoms with E-state index < -0.39 is 0 Å². The van der Waals surface area contributed by atoms with Gasteiger partial charge < -0.3 is 5.32 Å². The molecule has 0 spiro atoms. The van der Waals surface area contributed by atoms with E-state index in [2.05, 4.69) is 15.6 Å². The van der Waals surface area contributed by atoms with Crippen molar-refractivity contribution in [2.24, 2.45) is 5.92 Å². The minimum absolute atomic E-state index is 0.201. The number of carbonyl (C=O) groups is 1. The monoisotopic (exact) mass is 374 g/mol. The molecule has 1 aliphatic carbocycles. The first-order chi connectivity index (χ1) is 13.8. The second-order valence-corrected chi connectivity index (χ2v) is 7.56. The predicted octanol–water partition coefficient (Wildman–Crippen LogP) is 4.38. The number of benzene rings is 2. The molecule has 0 aliphatic heterocycles. The van der Waals surface area contributed by atoms with Crippen molar-refractivity contribution in [1.29, 1.82) is 0 Å². The Labute approximate surface area is 165 Å². The van der Waals surface area contributed by atoms with E-state index in [1.807, 2.05) is 65.3 Å². The Morgan fingerprint density at radius 3 is 2.18 bits per heavy atom. The minimum Gasteiger partial charge on any atom is -0.340 e. The van der Waals surface area contributed by atoms with E-state index in [1.54, 1.807) is 6.20 Å². The van der Waals surface area contributed by atoms with Crippen LogP contribution in [0, 0.1) is 5.92 Å². The van der Waals surface area contributed by atoms with Crippen molar-refractivity contribution in [3.05, 3.63) is 83.7 Å². The fraction of sp³-hybridized carbons (Fsp3) is 0.348. The van der Waals surface area contributed by atoms with E-state index in [1.165, 1.54) is 32.1 Å². The summed E-state index contributed by atoms with van der Waals surface area (Å²) in [6, 6.07) is 19.8. The number of hydrogen-bond donors (Lipinski definition) is 1. The molecule has 0 bridgehead atoms. The molecular weight excluding hydrogens is 348 g/mol. The highest BCUT2D eigenvalue weighted by Crippen LogP contribution is 2.25. The molecule has 144 valence electrons. The van der Waals surface area contributed by atoms with E-state index in [4.69, 9.17) is 0 Å². The van der Waals surface area contributed by atoms with Crippen molar-refractivity contribution in [3.8, 4) is 0 Å². The summed E-state index contributed by atoms with van der Waals surface area (Å²) in [5.74, 6) is 0.445. The maximum atomic E-state index is 12.9. The summed E-state index contributed by atoms with van der Waals surface area (Å²) < 4.78 is 1.82. The molecule has 1 amide bonds. The Balaban J connectivity index is 1.49. The van der Waals surface area contributed by atoms with Gasteiger partial charge in [0, 0.05) is 6.54 Å². The Kier molecular flexibility index (Phi) is 5.80. The zero-order valence-electron chi connectivity index (χ0n) is 16.0. The molecule has 1 aromatic heterocycles. The van der Waals surface area contributed by atoms with Crippen LogP contribution in [-0.2, 0) is 6.54 Å². The second-order valence-electron chi connectivity index (χ2n) is 7.56. The zero-order chi connectivity index (χ0) is 19.2. The van der Waals surface area contributed by atoms with Gasteiger partial charge in [-0.1, -0.05) is 85.1 Å². The summed E-state index contributed by atoms with van der Waals surface area (Å²) in [5.41, 5.74) is 2.45. The zero-order valence-corrected chi connectivity index (χ0v) is 16.0. The number of rotatable bonds is 6. The third-order valence-corrected chi connectivity index (χ3v) is 5.48. The van der Waals surface area contributed by atoms with Crippen molar-refractivity contribution < 1.29 is 4.79 Å². The highest BCUT2D eigenvalue weighted by molar-refractivity contribution is 5.92. The predicted molar refractivity (Wildman–Crippen MR) is 109 cm³/mol. The number of nitrogens with one attached hydrogen (secondary N) is 1. The van der Waals surface area contributed by atoms with Gasteiger partial charge in [-0.15, -0.1) is 5.10 Å². The number of nitrogens with zero attached hydrogens (tertiary/aromatic N) is 3. The molecule has 0 atom stereocenters. The molecule has 1 fully saturated rings. The Morgan fingerprint density at radius 2 is 1.57 bits per heavy atom. The molecule has 0 unspecified atom stereocenters. The minimum atomic E-state index is -0.224. The van der Waals surface area contributed by atoms with Crippen LogP contribution in [-0.4, -0.2) is 20.9 Å². The van der Waals surface area contributed by atoms with Crippen LogP contribution in [0.25, 0.3) is 0 Å². The molecule has 5 heteroatoms. The summed E-state index contributed by atoms with van der Waals surface area (Å²) in [7, 11) is 0. The fourth-order valence-electron chi connectivity index (χ4n) is 3.98. The quantitative estimate of drug-likeness (QED) is 0.697. The molecule has 4 rings (SSSR count). The number of amides is 1. The van der Waals surface area contributed by atoms with Gasteiger partial charge in [-0.25, -0.2) is 0 Å². The maximum Gasteiger partial charge on any atom is 0.274 e. The normalized spacial score (nSPS) is 14.9. The largest absolute Gasteiger partial charge is 0.340 e. The van der Waals surface area contributed by atoms with Crippen LogP contribution in [0.3, 0.4) is 0 Å². The number of hydrogen-bond acceptors (Lipinski definition) is 3. The molecule has 1 saturated carbocycles. The first-order valence-electron chi connectivity index (χ1n) is 10.1. The summed E-state index contributed by atoms with van der Waals surface area (Å²) in [5, 5.41) is 11.4. The van der Waals surface area contributed by atoms with Gasteiger partial charge >= 0.3 is 0 Å². The smallest absolute Gasteiger partial charge is 0.274 e. The summed E-state index contributed by atoms with van der Waals surface area (Å²) in [6.07, 6.45) is 8.18. The van der Waals surface area contributed by atoms with Crippen LogP contribution in [0.5, 0.6) is 0 Å². The topological polar surface area (TPSA) is 59.8 Å². The SMILES string of the molecule is O=C(NC(c1ccccc1)c1ccccc1)c1cn(CC2CCCCC2)nn1. The molecule has 0 saturated heterocycles. The van der Waals surface area contributed by atoms with Crippen LogP contribution < -0.4 is 5.32 Å². The van der Waals surface area contributed by atoms with Gasteiger partial charge in [0.2, 0.25) is 0 Å². The van der Waals surface area contributed by atoms with Crippen LogP contribution in [0.4, 0.5) is 0 Å². The lowest BCUT2D eigenvalue weighted by atomic mass is 9.89. The van der Waals surface area contributed by atoms with E-state index in [-0.39, 0.29) is 11.9 Å². The first kappa shape index (κ1) is 18.4. The van der Waals surface area contributed by atoms with Gasteiger partial charge in [0.15, 0.2) is 5.69 Å². The van der Waals surface area contributed by atoms with Crippen LogP contribution in [0.1, 0.15) is 59.8 Å². The Bertz CT molecular complexity index is 846. The molecule has 1 heterocycles. The molecule has 28 heavy (non-hydrogen) atoms. The van der Waals surface area contributed by atoms with Crippen molar-refractivity contribution >= 4 is 5.91 Å². The second kappa shape index (κ2) is 8.83. The highest BCUT2D eigenvalue weighted by atomic mass is 16.2. The maximum absolute atomic E-state index is 12.9. The molecule has 2 aromatic carbocycles. The summed E-state index contributed by atoms with van der Waals surface area (Å²) >= 11 is 0. The average molecular weight is 374 g/mol. The molecule has 3 aromatic rings. The van der Waals surface area contributed by atoms with Gasteiger partial charge in [-0.3, -0.25) is 9.48 Å². The molecule has 1 N–H and O–H groups in total. The summed E-state index contributed by atoms with van der Waals surface area (Å²) in [6.45, 7) is 0.848.